The van der Waals surface area contributed by atoms with Crippen LogP contribution in [0.1, 0.15) is 28.4 Å². The zero-order chi connectivity index (χ0) is 22.0. The van der Waals surface area contributed by atoms with Crippen molar-refractivity contribution in [2.45, 2.75) is 20.8 Å². The molecule has 2 aromatic carbocycles. The molecule has 0 radical (unpaired) electrons. The van der Waals surface area contributed by atoms with Crippen molar-refractivity contribution >= 4 is 22.8 Å². The monoisotopic (exact) mass is 416 g/mol. The van der Waals surface area contributed by atoms with Crippen LogP contribution < -0.4 is 5.32 Å². The van der Waals surface area contributed by atoms with Crippen LogP contribution in [0.5, 0.6) is 0 Å². The summed E-state index contributed by atoms with van der Waals surface area (Å²) in [6.07, 6.45) is 0. The molecule has 0 bridgehead atoms. The Balaban J connectivity index is 1.67. The Morgan fingerprint density at radius 1 is 0.968 bits per heavy atom. The molecule has 0 spiro atoms. The number of benzene rings is 2. The molecule has 0 saturated carbocycles. The Morgan fingerprint density at radius 3 is 2.39 bits per heavy atom. The number of urea groups is 1. The molecule has 31 heavy (non-hydrogen) atoms. The third-order valence-corrected chi connectivity index (χ3v) is 5.79. The van der Waals surface area contributed by atoms with Crippen LogP contribution >= 0.6 is 0 Å². The standard InChI is InChI=1S/C25H28N4O2/c1-4-26-25(31)29-13-11-28(12-14-29)24(30)21-16-23(19-10-9-17(2)15-18(19)3)27-22-8-6-5-7-20(21)22/h5-10,15-16H,4,11-14H2,1-3H3,(H,26,31). The van der Waals surface area contributed by atoms with Gasteiger partial charge in [0.2, 0.25) is 0 Å². The molecule has 6 nitrogen and oxygen atoms in total. The lowest BCUT2D eigenvalue weighted by Gasteiger charge is -2.35. The van der Waals surface area contributed by atoms with E-state index in [1.54, 1.807) is 4.90 Å². The second kappa shape index (κ2) is 8.76. The maximum absolute atomic E-state index is 13.5. The molecule has 2 heterocycles. The maximum atomic E-state index is 13.5. The number of fused-ring (bicyclic) bond motifs is 1. The molecule has 1 saturated heterocycles. The highest BCUT2D eigenvalue weighted by Gasteiger charge is 2.26. The third-order valence-electron chi connectivity index (χ3n) is 5.79. The van der Waals surface area contributed by atoms with Gasteiger partial charge in [-0.25, -0.2) is 9.78 Å². The topological polar surface area (TPSA) is 65.5 Å². The number of rotatable bonds is 3. The van der Waals surface area contributed by atoms with E-state index in [1.165, 1.54) is 5.56 Å². The van der Waals surface area contributed by atoms with Crippen molar-refractivity contribution in [1.82, 2.24) is 20.1 Å². The van der Waals surface area contributed by atoms with Crippen molar-refractivity contribution in [3.05, 3.63) is 65.2 Å². The lowest BCUT2D eigenvalue weighted by Crippen LogP contribution is -2.53. The summed E-state index contributed by atoms with van der Waals surface area (Å²) in [5, 5.41) is 3.68. The van der Waals surface area contributed by atoms with Gasteiger partial charge in [0.25, 0.3) is 5.91 Å². The van der Waals surface area contributed by atoms with Gasteiger partial charge in [0, 0.05) is 43.7 Å². The van der Waals surface area contributed by atoms with E-state index in [4.69, 9.17) is 4.98 Å². The highest BCUT2D eigenvalue weighted by atomic mass is 16.2. The van der Waals surface area contributed by atoms with E-state index in [-0.39, 0.29) is 11.9 Å². The first-order valence-corrected chi connectivity index (χ1v) is 10.8. The fourth-order valence-corrected chi connectivity index (χ4v) is 4.14. The van der Waals surface area contributed by atoms with Gasteiger partial charge < -0.3 is 15.1 Å². The minimum Gasteiger partial charge on any atom is -0.338 e. The largest absolute Gasteiger partial charge is 0.338 e. The number of nitrogens with zero attached hydrogens (tertiary/aromatic N) is 3. The molecule has 1 fully saturated rings. The molecule has 6 heteroatoms. The van der Waals surface area contributed by atoms with Crippen LogP contribution in [0, 0.1) is 13.8 Å². The summed E-state index contributed by atoms with van der Waals surface area (Å²) in [6, 6.07) is 15.9. The lowest BCUT2D eigenvalue weighted by atomic mass is 9.99. The van der Waals surface area contributed by atoms with Gasteiger partial charge in [-0.05, 0) is 38.5 Å². The van der Waals surface area contributed by atoms with E-state index in [0.717, 1.165) is 27.7 Å². The first-order chi connectivity index (χ1) is 15.0. The molecule has 0 aliphatic carbocycles. The molecule has 0 atom stereocenters. The van der Waals surface area contributed by atoms with Crippen molar-refractivity contribution in [2.75, 3.05) is 32.7 Å². The molecule has 1 aromatic heterocycles. The minimum atomic E-state index is -0.0684. The average Bonchev–Trinajstić information content (AvgIpc) is 2.78. The highest BCUT2D eigenvalue weighted by Crippen LogP contribution is 2.28. The number of aromatic nitrogens is 1. The van der Waals surface area contributed by atoms with E-state index in [2.05, 4.69) is 37.4 Å². The molecule has 1 aliphatic rings. The summed E-state index contributed by atoms with van der Waals surface area (Å²) in [4.78, 5) is 34.0. The SMILES string of the molecule is CCNC(=O)N1CCN(C(=O)c2cc(-c3ccc(C)cc3C)nc3ccccc23)CC1. The number of piperazine rings is 1. The molecule has 1 aliphatic heterocycles. The van der Waals surface area contributed by atoms with Gasteiger partial charge in [0.1, 0.15) is 0 Å². The van der Waals surface area contributed by atoms with Gasteiger partial charge in [0.05, 0.1) is 16.8 Å². The quantitative estimate of drug-likeness (QED) is 0.702. The fourth-order valence-electron chi connectivity index (χ4n) is 4.14. The second-order valence-corrected chi connectivity index (χ2v) is 8.01. The molecule has 0 unspecified atom stereocenters. The van der Waals surface area contributed by atoms with E-state index in [9.17, 15) is 9.59 Å². The Hall–Kier alpha value is -3.41. The van der Waals surface area contributed by atoms with Gasteiger partial charge in [0.15, 0.2) is 0 Å². The van der Waals surface area contributed by atoms with Gasteiger partial charge in [-0.2, -0.15) is 0 Å². The van der Waals surface area contributed by atoms with Gasteiger partial charge in [-0.1, -0.05) is 42.0 Å². The number of pyridine rings is 1. The summed E-state index contributed by atoms with van der Waals surface area (Å²) in [6.45, 7) is 8.75. The smallest absolute Gasteiger partial charge is 0.317 e. The summed E-state index contributed by atoms with van der Waals surface area (Å²) in [7, 11) is 0. The molecule has 3 aromatic rings. The maximum Gasteiger partial charge on any atom is 0.317 e. The van der Waals surface area contributed by atoms with Crippen molar-refractivity contribution in [3.8, 4) is 11.3 Å². The van der Waals surface area contributed by atoms with Gasteiger partial charge in [-0.3, -0.25) is 4.79 Å². The predicted octanol–water partition coefficient (Wildman–Crippen LogP) is 4.01. The number of hydrogen-bond donors (Lipinski definition) is 1. The fraction of sp³-hybridized carbons (Fsp3) is 0.320. The van der Waals surface area contributed by atoms with E-state index >= 15 is 0 Å². The first kappa shape index (κ1) is 20.8. The molecular formula is C25H28N4O2. The highest BCUT2D eigenvalue weighted by molar-refractivity contribution is 6.07. The van der Waals surface area contributed by atoms with Crippen molar-refractivity contribution in [3.63, 3.8) is 0 Å². The predicted molar refractivity (Wildman–Crippen MR) is 123 cm³/mol. The number of nitrogens with one attached hydrogen (secondary N) is 1. The molecule has 1 N–H and O–H groups in total. The van der Waals surface area contributed by atoms with Crippen LogP contribution in [0.3, 0.4) is 0 Å². The van der Waals surface area contributed by atoms with Crippen LogP contribution in [0.15, 0.2) is 48.5 Å². The van der Waals surface area contributed by atoms with Crippen LogP contribution in [0.25, 0.3) is 22.2 Å². The number of amides is 3. The molecular weight excluding hydrogens is 388 g/mol. The summed E-state index contributed by atoms with van der Waals surface area (Å²) < 4.78 is 0. The van der Waals surface area contributed by atoms with E-state index < -0.39 is 0 Å². The second-order valence-electron chi connectivity index (χ2n) is 8.01. The van der Waals surface area contributed by atoms with Gasteiger partial charge in [-0.15, -0.1) is 0 Å². The number of carbonyl (C=O) groups is 2. The van der Waals surface area contributed by atoms with Crippen LogP contribution in [-0.4, -0.2) is 59.4 Å². The van der Waals surface area contributed by atoms with Gasteiger partial charge >= 0.3 is 6.03 Å². The average molecular weight is 417 g/mol. The van der Waals surface area contributed by atoms with Crippen LogP contribution in [0.4, 0.5) is 4.79 Å². The lowest BCUT2D eigenvalue weighted by molar-refractivity contribution is 0.0667. The van der Waals surface area contributed by atoms with Crippen molar-refractivity contribution in [2.24, 2.45) is 0 Å². The van der Waals surface area contributed by atoms with Crippen molar-refractivity contribution in [1.29, 1.82) is 0 Å². The van der Waals surface area contributed by atoms with E-state index in [1.807, 2.05) is 42.2 Å². The summed E-state index contributed by atoms with van der Waals surface area (Å²) >= 11 is 0. The minimum absolute atomic E-state index is 0.0137. The number of hydrogen-bond acceptors (Lipinski definition) is 3. The zero-order valence-electron chi connectivity index (χ0n) is 18.3. The zero-order valence-corrected chi connectivity index (χ0v) is 18.3. The molecule has 3 amide bonds. The Morgan fingerprint density at radius 2 is 1.68 bits per heavy atom. The van der Waals surface area contributed by atoms with Crippen molar-refractivity contribution < 1.29 is 9.59 Å². The Kier molecular flexibility index (Phi) is 5.89. The summed E-state index contributed by atoms with van der Waals surface area (Å²) in [5.41, 5.74) is 5.64. The first-order valence-electron chi connectivity index (χ1n) is 10.8. The molecule has 4 rings (SSSR count). The van der Waals surface area contributed by atoms with Crippen LogP contribution in [0.2, 0.25) is 0 Å². The number of aryl methyl sites for hydroxylation is 2. The normalized spacial score (nSPS) is 14.0. The molecule has 160 valence electrons. The van der Waals surface area contributed by atoms with E-state index in [0.29, 0.717) is 38.3 Å². The number of carbonyl (C=O) groups excluding carboxylic acids is 2. The Bertz CT molecular complexity index is 1130. The van der Waals surface area contributed by atoms with Crippen LogP contribution in [-0.2, 0) is 0 Å². The summed E-state index contributed by atoms with van der Waals surface area (Å²) in [5.74, 6) is -0.0137. The third kappa shape index (κ3) is 4.24. The Labute approximate surface area is 182 Å². The number of para-hydroxylation sites is 1.